The summed E-state index contributed by atoms with van der Waals surface area (Å²) in [5.41, 5.74) is 0.531. The van der Waals surface area contributed by atoms with Crippen LogP contribution < -0.4 is 16.6 Å². The van der Waals surface area contributed by atoms with E-state index in [0.717, 1.165) is 4.57 Å². The Hall–Kier alpha value is -3.69. The van der Waals surface area contributed by atoms with Gasteiger partial charge < -0.3 is 14.6 Å². The van der Waals surface area contributed by atoms with Gasteiger partial charge in [-0.2, -0.15) is 0 Å². The van der Waals surface area contributed by atoms with E-state index >= 15 is 0 Å². The van der Waals surface area contributed by atoms with Crippen LogP contribution in [-0.4, -0.2) is 37.2 Å². The number of aromatic nitrogens is 4. The molecule has 0 saturated carbocycles. The van der Waals surface area contributed by atoms with Gasteiger partial charge in [0, 0.05) is 33.3 Å². The lowest BCUT2D eigenvalue weighted by atomic mass is 10.2. The number of ether oxygens (including phenoxy) is 1. The number of nitrogens with one attached hydrogen (secondary N) is 1. The number of rotatable bonds is 6. The van der Waals surface area contributed by atoms with Crippen LogP contribution in [0.5, 0.6) is 0 Å². The van der Waals surface area contributed by atoms with E-state index in [1.165, 1.54) is 23.9 Å². The van der Waals surface area contributed by atoms with Crippen LogP contribution in [0.15, 0.2) is 40.2 Å². The van der Waals surface area contributed by atoms with Crippen LogP contribution in [0.3, 0.4) is 0 Å². The average molecular weight is 399 g/mol. The van der Waals surface area contributed by atoms with E-state index in [-0.39, 0.29) is 25.5 Å². The molecule has 152 valence electrons. The maximum atomic E-state index is 12.6. The van der Waals surface area contributed by atoms with Crippen LogP contribution >= 0.6 is 0 Å². The molecule has 29 heavy (non-hydrogen) atoms. The molecule has 0 aliphatic rings. The van der Waals surface area contributed by atoms with Gasteiger partial charge >= 0.3 is 11.7 Å². The van der Waals surface area contributed by atoms with Crippen LogP contribution in [0.2, 0.25) is 0 Å². The Bertz CT molecular complexity index is 1200. The highest BCUT2D eigenvalue weighted by Crippen LogP contribution is 2.12. The Labute approximate surface area is 165 Å². The van der Waals surface area contributed by atoms with Crippen LogP contribution in [0.4, 0.5) is 5.69 Å². The van der Waals surface area contributed by atoms with Gasteiger partial charge in [-0.05, 0) is 24.6 Å². The number of fused-ring (bicyclic) bond motifs is 1. The van der Waals surface area contributed by atoms with Gasteiger partial charge in [-0.3, -0.25) is 18.7 Å². The van der Waals surface area contributed by atoms with Crippen molar-refractivity contribution >= 4 is 28.7 Å². The highest BCUT2D eigenvalue weighted by molar-refractivity contribution is 5.93. The summed E-state index contributed by atoms with van der Waals surface area (Å²) in [6, 6.07) is 6.38. The van der Waals surface area contributed by atoms with Crippen molar-refractivity contribution in [2.45, 2.75) is 19.9 Å². The Kier molecular flexibility index (Phi) is 5.62. The summed E-state index contributed by atoms with van der Waals surface area (Å²) >= 11 is 0. The summed E-state index contributed by atoms with van der Waals surface area (Å²) in [5, 5.41) is 2.59. The molecule has 0 spiro atoms. The maximum Gasteiger partial charge on any atom is 0.338 e. The fourth-order valence-electron chi connectivity index (χ4n) is 2.99. The van der Waals surface area contributed by atoms with Gasteiger partial charge in [0.1, 0.15) is 0 Å². The molecular weight excluding hydrogens is 378 g/mol. The fourth-order valence-corrected chi connectivity index (χ4v) is 2.99. The second-order valence-electron chi connectivity index (χ2n) is 6.58. The van der Waals surface area contributed by atoms with Crippen LogP contribution in [-0.2, 0) is 30.2 Å². The second kappa shape index (κ2) is 8.13. The molecule has 2 aromatic heterocycles. The van der Waals surface area contributed by atoms with Gasteiger partial charge in [0.25, 0.3) is 5.56 Å². The van der Waals surface area contributed by atoms with Crippen molar-refractivity contribution in [1.29, 1.82) is 0 Å². The number of esters is 1. The number of hydrogen-bond acceptors (Lipinski definition) is 6. The summed E-state index contributed by atoms with van der Waals surface area (Å²) in [4.78, 5) is 52.4. The summed E-state index contributed by atoms with van der Waals surface area (Å²) in [7, 11) is 3.23. The predicted octanol–water partition coefficient (Wildman–Crippen LogP) is 0.639. The summed E-state index contributed by atoms with van der Waals surface area (Å²) < 4.78 is 9.21. The first kappa shape index (κ1) is 20.1. The number of aryl methyl sites for hydroxylation is 2. The molecule has 0 unspecified atom stereocenters. The normalized spacial score (nSPS) is 10.9. The molecule has 0 atom stereocenters. The molecule has 0 fully saturated rings. The monoisotopic (exact) mass is 399 g/mol. The molecule has 10 heteroatoms. The molecule has 1 aromatic carbocycles. The van der Waals surface area contributed by atoms with Crippen molar-refractivity contribution in [2.24, 2.45) is 14.1 Å². The third-order valence-electron chi connectivity index (χ3n) is 4.38. The Morgan fingerprint density at radius 1 is 1.21 bits per heavy atom. The summed E-state index contributed by atoms with van der Waals surface area (Å²) in [6.45, 7) is 1.51. The number of anilines is 1. The summed E-state index contributed by atoms with van der Waals surface area (Å²) in [5.74, 6) is -0.799. The molecule has 1 amide bonds. The SMILES string of the molecule is CC(=O)Nc1cccc(C(=O)OCCCn2c(=O)c3c(ncn3C)n(C)c2=O)c1. The van der Waals surface area contributed by atoms with Gasteiger partial charge in [0.2, 0.25) is 5.91 Å². The summed E-state index contributed by atoms with van der Waals surface area (Å²) in [6.07, 6.45) is 1.77. The quantitative estimate of drug-likeness (QED) is 0.480. The van der Waals surface area contributed by atoms with Gasteiger partial charge in [-0.15, -0.1) is 0 Å². The molecule has 10 nitrogen and oxygen atoms in total. The van der Waals surface area contributed by atoms with Crippen molar-refractivity contribution in [3.8, 4) is 0 Å². The molecule has 0 bridgehead atoms. The highest BCUT2D eigenvalue weighted by Gasteiger charge is 2.15. The van der Waals surface area contributed by atoms with E-state index in [4.69, 9.17) is 4.74 Å². The van der Waals surface area contributed by atoms with Gasteiger partial charge in [0.05, 0.1) is 18.5 Å². The maximum absolute atomic E-state index is 12.6. The van der Waals surface area contributed by atoms with Crippen molar-refractivity contribution in [3.05, 3.63) is 57.0 Å². The zero-order chi connectivity index (χ0) is 21.1. The smallest absolute Gasteiger partial charge is 0.338 e. The number of benzene rings is 1. The molecule has 0 aliphatic heterocycles. The second-order valence-corrected chi connectivity index (χ2v) is 6.58. The minimum atomic E-state index is -0.556. The van der Waals surface area contributed by atoms with Crippen molar-refractivity contribution in [2.75, 3.05) is 11.9 Å². The van der Waals surface area contributed by atoms with E-state index in [9.17, 15) is 19.2 Å². The number of imidazole rings is 1. The number of hydrogen-bond donors (Lipinski definition) is 1. The predicted molar refractivity (Wildman–Crippen MR) is 106 cm³/mol. The molecular formula is C19H21N5O5. The molecule has 0 radical (unpaired) electrons. The van der Waals surface area contributed by atoms with Crippen molar-refractivity contribution in [3.63, 3.8) is 0 Å². The number of carbonyl (C=O) groups is 2. The minimum Gasteiger partial charge on any atom is -0.462 e. The minimum absolute atomic E-state index is 0.0300. The van der Waals surface area contributed by atoms with Crippen LogP contribution in [0, 0.1) is 0 Å². The highest BCUT2D eigenvalue weighted by atomic mass is 16.5. The largest absolute Gasteiger partial charge is 0.462 e. The van der Waals surface area contributed by atoms with E-state index in [0.29, 0.717) is 22.4 Å². The molecule has 2 heterocycles. The first-order valence-corrected chi connectivity index (χ1v) is 8.95. The third-order valence-corrected chi connectivity index (χ3v) is 4.38. The Morgan fingerprint density at radius 2 is 1.97 bits per heavy atom. The molecule has 3 rings (SSSR count). The first-order valence-electron chi connectivity index (χ1n) is 8.95. The zero-order valence-electron chi connectivity index (χ0n) is 16.3. The molecule has 3 aromatic rings. The standard InChI is InChI=1S/C19H21N5O5/c1-12(25)21-14-7-4-6-13(10-14)18(27)29-9-5-8-24-17(26)15-16(20-11-22(15)2)23(3)19(24)28/h4,6-7,10-11H,5,8-9H2,1-3H3,(H,21,25). The van der Waals surface area contributed by atoms with Crippen LogP contribution in [0.25, 0.3) is 11.2 Å². The molecule has 0 saturated heterocycles. The van der Waals surface area contributed by atoms with Gasteiger partial charge in [-0.25, -0.2) is 14.6 Å². The molecule has 0 aliphatic carbocycles. The van der Waals surface area contributed by atoms with E-state index in [2.05, 4.69) is 10.3 Å². The number of carbonyl (C=O) groups excluding carboxylic acids is 2. The number of amides is 1. The fraction of sp³-hybridized carbons (Fsp3) is 0.316. The lowest BCUT2D eigenvalue weighted by molar-refractivity contribution is -0.114. The topological polar surface area (TPSA) is 117 Å². The third kappa shape index (κ3) is 4.10. The molecule has 1 N–H and O–H groups in total. The lowest BCUT2D eigenvalue weighted by Crippen LogP contribution is -2.39. The first-order chi connectivity index (χ1) is 13.8. The van der Waals surface area contributed by atoms with Crippen molar-refractivity contribution in [1.82, 2.24) is 18.7 Å². The number of nitrogens with zero attached hydrogens (tertiary/aromatic N) is 4. The van der Waals surface area contributed by atoms with Crippen LogP contribution in [0.1, 0.15) is 23.7 Å². The van der Waals surface area contributed by atoms with Gasteiger partial charge in [-0.1, -0.05) is 6.07 Å². The lowest BCUT2D eigenvalue weighted by Gasteiger charge is -2.09. The van der Waals surface area contributed by atoms with E-state index in [1.54, 1.807) is 36.9 Å². The Balaban J connectivity index is 1.66. The van der Waals surface area contributed by atoms with Crippen molar-refractivity contribution < 1.29 is 14.3 Å². The van der Waals surface area contributed by atoms with Gasteiger partial charge in [0.15, 0.2) is 11.2 Å². The van der Waals surface area contributed by atoms with E-state index in [1.807, 2.05) is 0 Å². The average Bonchev–Trinajstić information content (AvgIpc) is 3.07. The van der Waals surface area contributed by atoms with E-state index < -0.39 is 17.2 Å². The Morgan fingerprint density at radius 3 is 2.69 bits per heavy atom. The zero-order valence-corrected chi connectivity index (χ0v) is 16.3.